The number of hydrogen-bond acceptors (Lipinski definition) is 5. The van der Waals surface area contributed by atoms with E-state index in [1.165, 1.54) is 17.5 Å². The van der Waals surface area contributed by atoms with Gasteiger partial charge in [0.05, 0.1) is 27.9 Å². The molecule has 0 atom stereocenters. The standard InChI is InChI=1S/C15H15N3O3S2/c1-3-23(20,21)17-12-6-11(8-16-9-12)10-4-5-13-14(7-10)22-15(19)18(13)2/h4-9,17H,3H2,1-2H3. The van der Waals surface area contributed by atoms with Gasteiger partial charge in [-0.25, -0.2) is 8.42 Å². The number of nitrogens with one attached hydrogen (secondary N) is 1. The lowest BCUT2D eigenvalue weighted by Crippen LogP contribution is -2.14. The zero-order valence-corrected chi connectivity index (χ0v) is 14.2. The Labute approximate surface area is 137 Å². The molecular formula is C15H15N3O3S2. The van der Waals surface area contributed by atoms with Crippen LogP contribution in [0.2, 0.25) is 0 Å². The number of fused-ring (bicyclic) bond motifs is 1. The van der Waals surface area contributed by atoms with Crippen molar-refractivity contribution in [2.75, 3.05) is 10.5 Å². The molecule has 0 aliphatic heterocycles. The molecule has 0 bridgehead atoms. The number of nitrogens with zero attached hydrogens (tertiary/aromatic N) is 2. The fourth-order valence-corrected chi connectivity index (χ4v) is 3.75. The fourth-order valence-electron chi connectivity index (χ4n) is 2.22. The maximum absolute atomic E-state index is 11.7. The van der Waals surface area contributed by atoms with Crippen molar-refractivity contribution in [2.45, 2.75) is 6.92 Å². The topological polar surface area (TPSA) is 81.1 Å². The van der Waals surface area contributed by atoms with Crippen molar-refractivity contribution in [3.63, 3.8) is 0 Å². The molecule has 0 aliphatic rings. The first-order valence-corrected chi connectivity index (χ1v) is 9.42. The number of aromatic nitrogens is 2. The van der Waals surface area contributed by atoms with Crippen LogP contribution >= 0.6 is 11.3 Å². The maximum atomic E-state index is 11.7. The second kappa shape index (κ2) is 5.78. The third-order valence-corrected chi connectivity index (χ3v) is 5.82. The highest BCUT2D eigenvalue weighted by molar-refractivity contribution is 7.92. The minimum absolute atomic E-state index is 0.00115. The first kappa shape index (κ1) is 15.7. The van der Waals surface area contributed by atoms with Crippen LogP contribution in [0, 0.1) is 0 Å². The van der Waals surface area contributed by atoms with Crippen LogP contribution in [0.15, 0.2) is 41.5 Å². The van der Waals surface area contributed by atoms with Gasteiger partial charge in [0, 0.05) is 18.8 Å². The zero-order valence-electron chi connectivity index (χ0n) is 12.6. The van der Waals surface area contributed by atoms with E-state index in [2.05, 4.69) is 9.71 Å². The van der Waals surface area contributed by atoms with Crippen LogP contribution in [0.25, 0.3) is 21.3 Å². The minimum Gasteiger partial charge on any atom is -0.302 e. The van der Waals surface area contributed by atoms with Gasteiger partial charge in [-0.2, -0.15) is 0 Å². The van der Waals surface area contributed by atoms with Crippen molar-refractivity contribution < 1.29 is 8.42 Å². The van der Waals surface area contributed by atoms with Gasteiger partial charge in [-0.05, 0) is 30.7 Å². The molecule has 0 radical (unpaired) electrons. The largest absolute Gasteiger partial charge is 0.307 e. The Morgan fingerprint density at radius 1 is 1.22 bits per heavy atom. The molecule has 120 valence electrons. The molecule has 1 aromatic carbocycles. The summed E-state index contributed by atoms with van der Waals surface area (Å²) >= 11 is 1.18. The van der Waals surface area contributed by atoms with Crippen LogP contribution in [0.5, 0.6) is 0 Å². The Bertz CT molecular complexity index is 1040. The number of hydrogen-bond donors (Lipinski definition) is 1. The molecule has 0 spiro atoms. The molecule has 0 saturated carbocycles. The molecule has 6 nitrogen and oxygen atoms in total. The van der Waals surface area contributed by atoms with E-state index in [1.807, 2.05) is 18.2 Å². The zero-order chi connectivity index (χ0) is 16.6. The third kappa shape index (κ3) is 3.13. The average molecular weight is 349 g/mol. The summed E-state index contributed by atoms with van der Waals surface area (Å²) in [6, 6.07) is 7.42. The van der Waals surface area contributed by atoms with Gasteiger partial charge in [0.2, 0.25) is 10.0 Å². The van der Waals surface area contributed by atoms with E-state index < -0.39 is 10.0 Å². The smallest absolute Gasteiger partial charge is 0.302 e. The van der Waals surface area contributed by atoms with Crippen LogP contribution < -0.4 is 9.60 Å². The maximum Gasteiger partial charge on any atom is 0.307 e. The molecule has 1 N–H and O–H groups in total. The predicted molar refractivity (Wildman–Crippen MR) is 93.4 cm³/mol. The van der Waals surface area contributed by atoms with E-state index in [0.29, 0.717) is 5.69 Å². The van der Waals surface area contributed by atoms with Crippen molar-refractivity contribution in [2.24, 2.45) is 7.05 Å². The molecule has 0 fully saturated rings. The highest BCUT2D eigenvalue weighted by atomic mass is 32.2. The van der Waals surface area contributed by atoms with Gasteiger partial charge < -0.3 is 4.57 Å². The second-order valence-corrected chi connectivity index (χ2v) is 8.08. The Morgan fingerprint density at radius 2 is 2.00 bits per heavy atom. The van der Waals surface area contributed by atoms with Crippen molar-refractivity contribution >= 4 is 37.3 Å². The number of rotatable bonds is 4. The normalized spacial score (nSPS) is 11.7. The third-order valence-electron chi connectivity index (χ3n) is 3.52. The van der Waals surface area contributed by atoms with Crippen LogP contribution in [-0.2, 0) is 17.1 Å². The van der Waals surface area contributed by atoms with Gasteiger partial charge in [-0.1, -0.05) is 17.4 Å². The molecule has 8 heteroatoms. The molecule has 3 rings (SSSR count). The summed E-state index contributed by atoms with van der Waals surface area (Å²) < 4.78 is 28.3. The number of sulfonamides is 1. The summed E-state index contributed by atoms with van der Waals surface area (Å²) in [4.78, 5) is 15.8. The van der Waals surface area contributed by atoms with Gasteiger partial charge >= 0.3 is 4.87 Å². The monoisotopic (exact) mass is 349 g/mol. The predicted octanol–water partition coefficient (Wildman–Crippen LogP) is 2.42. The van der Waals surface area contributed by atoms with Gasteiger partial charge in [0.1, 0.15) is 0 Å². The highest BCUT2D eigenvalue weighted by Crippen LogP contribution is 2.27. The second-order valence-electron chi connectivity index (χ2n) is 5.08. The van der Waals surface area contributed by atoms with Gasteiger partial charge in [-0.15, -0.1) is 0 Å². The number of anilines is 1. The van der Waals surface area contributed by atoms with E-state index in [1.54, 1.807) is 30.8 Å². The van der Waals surface area contributed by atoms with E-state index in [-0.39, 0.29) is 10.6 Å². The summed E-state index contributed by atoms with van der Waals surface area (Å²) in [6.07, 6.45) is 3.13. The first-order valence-electron chi connectivity index (χ1n) is 6.95. The van der Waals surface area contributed by atoms with Crippen LogP contribution in [0.1, 0.15) is 6.92 Å². The van der Waals surface area contributed by atoms with Gasteiger partial charge in [0.15, 0.2) is 0 Å². The summed E-state index contributed by atoms with van der Waals surface area (Å²) in [5.74, 6) is 0.00115. The lowest BCUT2D eigenvalue weighted by Gasteiger charge is -2.08. The Hall–Kier alpha value is -2.19. The minimum atomic E-state index is -3.34. The summed E-state index contributed by atoms with van der Waals surface area (Å²) in [7, 11) is -1.60. The van der Waals surface area contributed by atoms with Gasteiger partial charge in [-0.3, -0.25) is 14.5 Å². The summed E-state index contributed by atoms with van der Waals surface area (Å²) in [6.45, 7) is 1.57. The molecule has 2 heterocycles. The molecule has 3 aromatic rings. The van der Waals surface area contributed by atoms with Crippen molar-refractivity contribution in [3.8, 4) is 11.1 Å². The van der Waals surface area contributed by atoms with Crippen LogP contribution in [-0.4, -0.2) is 23.7 Å². The molecule has 0 amide bonds. The van der Waals surface area contributed by atoms with Crippen LogP contribution in [0.3, 0.4) is 0 Å². The lowest BCUT2D eigenvalue weighted by molar-refractivity contribution is 0.602. The number of benzene rings is 1. The highest BCUT2D eigenvalue weighted by Gasteiger charge is 2.10. The number of pyridine rings is 1. The lowest BCUT2D eigenvalue weighted by atomic mass is 10.1. The fraction of sp³-hybridized carbons (Fsp3) is 0.200. The Morgan fingerprint density at radius 3 is 2.74 bits per heavy atom. The SMILES string of the molecule is CCS(=O)(=O)Nc1cncc(-c2ccc3c(c2)sc(=O)n3C)c1. The molecule has 2 aromatic heterocycles. The molecule has 0 unspecified atom stereocenters. The number of thiazole rings is 1. The molecule has 0 aliphatic carbocycles. The van der Waals surface area contributed by atoms with Gasteiger partial charge in [0.25, 0.3) is 0 Å². The Kier molecular flexibility index (Phi) is 3.95. The molecular weight excluding hydrogens is 334 g/mol. The van der Waals surface area contributed by atoms with E-state index in [0.717, 1.165) is 21.3 Å². The Balaban J connectivity index is 2.03. The first-order chi connectivity index (χ1) is 10.9. The number of aryl methyl sites for hydroxylation is 1. The van der Waals surface area contributed by atoms with Crippen LogP contribution in [0.4, 0.5) is 5.69 Å². The van der Waals surface area contributed by atoms with Crippen molar-refractivity contribution in [1.29, 1.82) is 0 Å². The van der Waals surface area contributed by atoms with E-state index in [4.69, 9.17) is 0 Å². The summed E-state index contributed by atoms with van der Waals surface area (Å²) in [5, 5.41) is 0. The van der Waals surface area contributed by atoms with E-state index in [9.17, 15) is 13.2 Å². The average Bonchev–Trinajstić information content (AvgIpc) is 2.81. The van der Waals surface area contributed by atoms with E-state index >= 15 is 0 Å². The summed E-state index contributed by atoms with van der Waals surface area (Å²) in [5.41, 5.74) is 2.96. The molecule has 23 heavy (non-hydrogen) atoms. The van der Waals surface area contributed by atoms with Crippen molar-refractivity contribution in [1.82, 2.24) is 9.55 Å². The quantitative estimate of drug-likeness (QED) is 0.784. The molecule has 0 saturated heterocycles. The van der Waals surface area contributed by atoms with Crippen molar-refractivity contribution in [3.05, 3.63) is 46.3 Å².